The van der Waals surface area contributed by atoms with E-state index in [-0.39, 0.29) is 18.9 Å². The molecule has 2 atom stereocenters. The van der Waals surface area contributed by atoms with E-state index in [1.807, 2.05) is 78.9 Å². The summed E-state index contributed by atoms with van der Waals surface area (Å²) in [4.78, 5) is 19.6. The molecule has 0 unspecified atom stereocenters. The van der Waals surface area contributed by atoms with Gasteiger partial charge in [-0.25, -0.2) is 4.99 Å². The predicted octanol–water partition coefficient (Wildman–Crippen LogP) is 8.14. The van der Waals surface area contributed by atoms with Gasteiger partial charge in [-0.3, -0.25) is 4.79 Å². The number of ether oxygens (including phenoxy) is 2. The summed E-state index contributed by atoms with van der Waals surface area (Å²) in [5.74, 6) is 0.759. The summed E-state index contributed by atoms with van der Waals surface area (Å²) < 4.78 is 14.0. The first-order valence-electron chi connectivity index (χ1n) is 14.1. The van der Waals surface area contributed by atoms with Crippen molar-refractivity contribution in [2.24, 2.45) is 4.99 Å². The van der Waals surface area contributed by atoms with Crippen LogP contribution in [0.3, 0.4) is 0 Å². The number of nitrogens with zero attached hydrogens (tertiary/aromatic N) is 1. The Morgan fingerprint density at radius 3 is 2.39 bits per heavy atom. The van der Waals surface area contributed by atoms with Gasteiger partial charge in [0, 0.05) is 56.1 Å². The van der Waals surface area contributed by atoms with Crippen LogP contribution in [0, 0.1) is 0 Å². The summed E-state index contributed by atoms with van der Waals surface area (Å²) in [6, 6.07) is 28.3. The minimum absolute atomic E-state index is 0.0631. The average Bonchev–Trinajstić information content (AvgIpc) is 3.40. The smallest absolute Gasteiger partial charge is 0.252 e. The van der Waals surface area contributed by atoms with Crippen LogP contribution >= 0.6 is 55.1 Å². The van der Waals surface area contributed by atoms with Gasteiger partial charge >= 0.3 is 0 Å². The van der Waals surface area contributed by atoms with Crippen molar-refractivity contribution in [3.05, 3.63) is 132 Å². The Kier molecular flexibility index (Phi) is 11.0. The molecular weight excluding hydrogens is 731 g/mol. The topological polar surface area (TPSA) is 80.2 Å². The highest BCUT2D eigenvalue weighted by molar-refractivity contribution is 9.10. The third-order valence-electron chi connectivity index (χ3n) is 7.33. The molecule has 0 radical (unpaired) electrons. The highest BCUT2D eigenvalue weighted by Crippen LogP contribution is 2.45. The molecule has 0 saturated carbocycles. The molecule has 10 heteroatoms. The molecule has 0 aromatic heterocycles. The number of aliphatic hydroxyl groups is 1. The standard InChI is InChI=1S/C34H30Br2Cl2N2O4/c35-28-8-3-1-6-24(28)21-34(33(42)39-17-16-22-10-13-25(37)20-30(22)38)31(27-7-2-4-9-29(27)36)44-32(40-34)23-11-14-26(15-12-23)43-19-5-18-41/h1-4,6-15,20,31,41H,5,16-19,21H2,(H,39,42)/t31-,34-/m1/s1. The van der Waals surface area contributed by atoms with Crippen LogP contribution in [0.5, 0.6) is 5.75 Å². The van der Waals surface area contributed by atoms with Crippen molar-refractivity contribution >= 4 is 66.9 Å². The molecule has 0 spiro atoms. The number of carbonyl (C=O) groups excluding carboxylic acids is 1. The SMILES string of the molecule is O=C(NCCc1ccc(Cl)cc1Cl)[C@]1(Cc2ccccc2Br)N=C(c2ccc(OCCCO)cc2)O[C@@H]1c1ccccc1Br. The third kappa shape index (κ3) is 7.49. The highest BCUT2D eigenvalue weighted by Gasteiger charge is 2.54. The van der Waals surface area contributed by atoms with E-state index >= 15 is 0 Å². The Bertz CT molecular complexity index is 1650. The van der Waals surface area contributed by atoms with Crippen LogP contribution in [0.1, 0.15) is 34.8 Å². The summed E-state index contributed by atoms with van der Waals surface area (Å²) in [5.41, 5.74) is 1.97. The second kappa shape index (κ2) is 14.9. The maximum atomic E-state index is 14.5. The number of hydrogen-bond acceptors (Lipinski definition) is 5. The van der Waals surface area contributed by atoms with E-state index in [0.29, 0.717) is 53.2 Å². The molecule has 44 heavy (non-hydrogen) atoms. The van der Waals surface area contributed by atoms with Crippen molar-refractivity contribution < 1.29 is 19.4 Å². The second-order valence-corrected chi connectivity index (χ2v) is 12.9. The maximum Gasteiger partial charge on any atom is 0.252 e. The number of aliphatic imine (C=N–C) groups is 1. The summed E-state index contributed by atoms with van der Waals surface area (Å²) in [5, 5.41) is 13.3. The molecule has 228 valence electrons. The van der Waals surface area contributed by atoms with Crippen LogP contribution in [0.2, 0.25) is 10.0 Å². The van der Waals surface area contributed by atoms with Crippen molar-refractivity contribution in [1.82, 2.24) is 5.32 Å². The summed E-state index contributed by atoms with van der Waals surface area (Å²) in [6.45, 7) is 0.812. The third-order valence-corrected chi connectivity index (χ3v) is 9.41. The average molecular weight is 761 g/mol. The first kappa shape index (κ1) is 32.5. The molecule has 1 aliphatic rings. The van der Waals surface area contributed by atoms with Crippen LogP contribution in [0.15, 0.2) is 105 Å². The molecule has 4 aromatic rings. The maximum absolute atomic E-state index is 14.5. The molecular formula is C34H30Br2Cl2N2O4. The van der Waals surface area contributed by atoms with Gasteiger partial charge in [0.25, 0.3) is 5.91 Å². The molecule has 0 bridgehead atoms. The fourth-order valence-electron chi connectivity index (χ4n) is 5.07. The fraction of sp³-hybridized carbons (Fsp3) is 0.235. The zero-order valence-corrected chi connectivity index (χ0v) is 28.3. The minimum atomic E-state index is -1.34. The van der Waals surface area contributed by atoms with Gasteiger partial charge in [0.05, 0.1) is 6.61 Å². The Morgan fingerprint density at radius 1 is 0.955 bits per heavy atom. The van der Waals surface area contributed by atoms with Crippen molar-refractivity contribution in [2.75, 3.05) is 19.8 Å². The van der Waals surface area contributed by atoms with Gasteiger partial charge in [0.15, 0.2) is 11.6 Å². The second-order valence-electron chi connectivity index (χ2n) is 10.3. The molecule has 6 nitrogen and oxygen atoms in total. The van der Waals surface area contributed by atoms with Crippen LogP contribution in [-0.2, 0) is 22.4 Å². The molecule has 5 rings (SSSR count). The summed E-state index contributed by atoms with van der Waals surface area (Å²) in [7, 11) is 0. The Hall–Kier alpha value is -2.88. The van der Waals surface area contributed by atoms with Crippen molar-refractivity contribution in [2.45, 2.75) is 30.9 Å². The van der Waals surface area contributed by atoms with E-state index in [1.165, 1.54) is 0 Å². The van der Waals surface area contributed by atoms with E-state index < -0.39 is 11.6 Å². The molecule has 1 aliphatic heterocycles. The van der Waals surface area contributed by atoms with Gasteiger partial charge in [0.1, 0.15) is 5.75 Å². The van der Waals surface area contributed by atoms with E-state index in [9.17, 15) is 4.79 Å². The van der Waals surface area contributed by atoms with Crippen molar-refractivity contribution in [3.63, 3.8) is 0 Å². The van der Waals surface area contributed by atoms with Crippen molar-refractivity contribution in [3.8, 4) is 5.75 Å². The number of carbonyl (C=O) groups is 1. The number of amides is 1. The lowest BCUT2D eigenvalue weighted by Crippen LogP contribution is -2.50. The summed E-state index contributed by atoms with van der Waals surface area (Å²) >= 11 is 19.8. The quantitative estimate of drug-likeness (QED) is 0.143. The zero-order valence-electron chi connectivity index (χ0n) is 23.6. The number of halogens is 4. The number of rotatable bonds is 12. The largest absolute Gasteiger partial charge is 0.494 e. The number of nitrogens with one attached hydrogen (secondary N) is 1. The van der Waals surface area contributed by atoms with Gasteiger partial charge < -0.3 is 19.9 Å². The van der Waals surface area contributed by atoms with E-state index in [4.69, 9.17) is 42.8 Å². The first-order valence-corrected chi connectivity index (χ1v) is 16.5. The first-order chi connectivity index (χ1) is 21.3. The van der Waals surface area contributed by atoms with Gasteiger partial charge in [-0.2, -0.15) is 0 Å². The van der Waals surface area contributed by atoms with Crippen molar-refractivity contribution in [1.29, 1.82) is 0 Å². The molecule has 4 aromatic carbocycles. The molecule has 1 amide bonds. The minimum Gasteiger partial charge on any atom is -0.494 e. The molecule has 0 saturated heterocycles. The van der Waals surface area contributed by atoms with Crippen LogP contribution in [-0.4, -0.2) is 42.2 Å². The van der Waals surface area contributed by atoms with Gasteiger partial charge in [-0.05, 0) is 66.1 Å². The predicted molar refractivity (Wildman–Crippen MR) is 182 cm³/mol. The highest BCUT2D eigenvalue weighted by atomic mass is 79.9. The summed E-state index contributed by atoms with van der Waals surface area (Å²) in [6.07, 6.45) is 0.601. The van der Waals surface area contributed by atoms with E-state index in [0.717, 1.165) is 25.6 Å². The van der Waals surface area contributed by atoms with Crippen LogP contribution in [0.25, 0.3) is 0 Å². The van der Waals surface area contributed by atoms with Crippen LogP contribution < -0.4 is 10.1 Å². The van der Waals surface area contributed by atoms with Gasteiger partial charge in [-0.1, -0.05) is 97.5 Å². The fourth-order valence-corrected chi connectivity index (χ4v) is 6.49. The van der Waals surface area contributed by atoms with E-state index in [1.54, 1.807) is 12.1 Å². The zero-order chi connectivity index (χ0) is 31.1. The lowest BCUT2D eigenvalue weighted by molar-refractivity contribution is -0.128. The molecule has 0 aliphatic carbocycles. The number of aliphatic hydroxyl groups excluding tert-OH is 1. The number of hydrogen-bond donors (Lipinski definition) is 2. The molecule has 1 heterocycles. The van der Waals surface area contributed by atoms with E-state index in [2.05, 4.69) is 37.2 Å². The lowest BCUT2D eigenvalue weighted by Gasteiger charge is -2.31. The number of benzene rings is 4. The Morgan fingerprint density at radius 2 is 1.68 bits per heavy atom. The molecule has 0 fully saturated rings. The van der Waals surface area contributed by atoms with Crippen LogP contribution in [0.4, 0.5) is 0 Å². The Balaban J connectivity index is 1.53. The van der Waals surface area contributed by atoms with Gasteiger partial charge in [0.2, 0.25) is 5.90 Å². The lowest BCUT2D eigenvalue weighted by atomic mass is 9.82. The molecule has 2 N–H and O–H groups in total. The normalized spacial score (nSPS) is 17.6. The van der Waals surface area contributed by atoms with Gasteiger partial charge in [-0.15, -0.1) is 0 Å². The monoisotopic (exact) mass is 758 g/mol. The Labute approximate surface area is 283 Å².